The van der Waals surface area contributed by atoms with Crippen molar-refractivity contribution in [1.29, 1.82) is 0 Å². The molecule has 0 aromatic heterocycles. The molecule has 0 heterocycles. The van der Waals surface area contributed by atoms with Crippen LogP contribution in [0.5, 0.6) is 0 Å². The second-order valence-electron chi connectivity index (χ2n) is 4.97. The van der Waals surface area contributed by atoms with Crippen LogP contribution >= 0.6 is 0 Å². The van der Waals surface area contributed by atoms with Crippen LogP contribution in [0.25, 0.3) is 0 Å². The summed E-state index contributed by atoms with van der Waals surface area (Å²) in [6.07, 6.45) is 2.52. The van der Waals surface area contributed by atoms with E-state index in [0.29, 0.717) is 5.41 Å². The van der Waals surface area contributed by atoms with E-state index >= 15 is 0 Å². The molecule has 0 radical (unpaired) electrons. The van der Waals surface area contributed by atoms with E-state index in [-0.39, 0.29) is 0 Å². The van der Waals surface area contributed by atoms with E-state index < -0.39 is 0 Å². The number of hydrogen-bond acceptors (Lipinski definition) is 2. The van der Waals surface area contributed by atoms with Crippen molar-refractivity contribution in [3.05, 3.63) is 0 Å². The Labute approximate surface area is 90.1 Å². The number of nitrogens with one attached hydrogen (secondary N) is 1. The van der Waals surface area contributed by atoms with Crippen LogP contribution < -0.4 is 5.32 Å². The van der Waals surface area contributed by atoms with Gasteiger partial charge in [-0.2, -0.15) is 0 Å². The zero-order chi connectivity index (χ0) is 11.0. The van der Waals surface area contributed by atoms with Gasteiger partial charge in [0.05, 0.1) is 0 Å². The molecule has 0 aliphatic rings. The summed E-state index contributed by atoms with van der Waals surface area (Å²) in [5.74, 6) is 0. The van der Waals surface area contributed by atoms with Gasteiger partial charge < -0.3 is 10.2 Å². The van der Waals surface area contributed by atoms with Crippen molar-refractivity contribution in [2.24, 2.45) is 5.41 Å². The predicted molar refractivity (Wildman–Crippen MR) is 64.7 cm³/mol. The smallest absolute Gasteiger partial charge is 0.00448 e. The molecule has 0 unspecified atom stereocenters. The molecule has 0 bridgehead atoms. The van der Waals surface area contributed by atoms with Crippen LogP contribution in [-0.2, 0) is 0 Å². The van der Waals surface area contributed by atoms with Gasteiger partial charge in [-0.3, -0.25) is 0 Å². The Morgan fingerprint density at radius 2 is 1.57 bits per heavy atom. The minimum Gasteiger partial charge on any atom is -0.319 e. The minimum absolute atomic E-state index is 0.388. The van der Waals surface area contributed by atoms with Crippen LogP contribution in [-0.4, -0.2) is 38.1 Å². The normalized spacial score (nSPS) is 12.4. The van der Waals surface area contributed by atoms with Gasteiger partial charge in [0.25, 0.3) is 0 Å². The van der Waals surface area contributed by atoms with E-state index in [2.05, 4.69) is 37.9 Å². The highest BCUT2D eigenvalue weighted by Gasteiger charge is 2.19. The SMILES string of the molecule is CCCN(CCC)CC(C)(C)CNC. The van der Waals surface area contributed by atoms with Crippen molar-refractivity contribution >= 4 is 0 Å². The number of nitrogens with zero attached hydrogens (tertiary/aromatic N) is 1. The quantitative estimate of drug-likeness (QED) is 0.647. The zero-order valence-electron chi connectivity index (χ0n) is 10.7. The first-order valence-electron chi connectivity index (χ1n) is 5.92. The van der Waals surface area contributed by atoms with Gasteiger partial charge in [0.1, 0.15) is 0 Å². The monoisotopic (exact) mass is 200 g/mol. The zero-order valence-corrected chi connectivity index (χ0v) is 10.7. The van der Waals surface area contributed by atoms with Crippen LogP contribution in [0.3, 0.4) is 0 Å². The standard InChI is InChI=1S/C12H28N2/c1-6-8-14(9-7-2)11-12(3,4)10-13-5/h13H,6-11H2,1-5H3. The predicted octanol–water partition coefficient (Wildman–Crippen LogP) is 2.35. The lowest BCUT2D eigenvalue weighted by Gasteiger charge is -2.32. The van der Waals surface area contributed by atoms with Crippen molar-refractivity contribution in [3.63, 3.8) is 0 Å². The Morgan fingerprint density at radius 1 is 1.07 bits per heavy atom. The van der Waals surface area contributed by atoms with Crippen LogP contribution in [0.4, 0.5) is 0 Å². The van der Waals surface area contributed by atoms with Crippen LogP contribution in [0.2, 0.25) is 0 Å². The fraction of sp³-hybridized carbons (Fsp3) is 1.00. The van der Waals surface area contributed by atoms with Crippen LogP contribution in [0, 0.1) is 5.41 Å². The Balaban J connectivity index is 3.98. The molecule has 0 aliphatic carbocycles. The van der Waals surface area contributed by atoms with Gasteiger partial charge in [-0.25, -0.2) is 0 Å². The number of hydrogen-bond donors (Lipinski definition) is 1. The summed E-state index contributed by atoms with van der Waals surface area (Å²) in [5.41, 5.74) is 0.388. The van der Waals surface area contributed by atoms with Gasteiger partial charge >= 0.3 is 0 Å². The van der Waals surface area contributed by atoms with E-state index in [1.807, 2.05) is 7.05 Å². The minimum atomic E-state index is 0.388. The van der Waals surface area contributed by atoms with Gasteiger partial charge in [0, 0.05) is 13.1 Å². The highest BCUT2D eigenvalue weighted by molar-refractivity contribution is 4.75. The molecule has 2 nitrogen and oxygen atoms in total. The number of rotatable bonds is 8. The third-order valence-corrected chi connectivity index (χ3v) is 2.39. The molecule has 0 saturated heterocycles. The highest BCUT2D eigenvalue weighted by Crippen LogP contribution is 2.16. The summed E-state index contributed by atoms with van der Waals surface area (Å²) in [7, 11) is 2.03. The summed E-state index contributed by atoms with van der Waals surface area (Å²) < 4.78 is 0. The van der Waals surface area contributed by atoms with E-state index in [1.165, 1.54) is 32.5 Å². The van der Waals surface area contributed by atoms with E-state index in [4.69, 9.17) is 0 Å². The Kier molecular flexibility index (Phi) is 7.20. The van der Waals surface area contributed by atoms with Crippen molar-refractivity contribution in [2.75, 3.05) is 33.2 Å². The first-order chi connectivity index (χ1) is 6.55. The Hall–Kier alpha value is -0.0800. The lowest BCUT2D eigenvalue weighted by atomic mass is 9.92. The summed E-state index contributed by atoms with van der Waals surface area (Å²) in [6, 6.07) is 0. The van der Waals surface area contributed by atoms with Crippen molar-refractivity contribution in [2.45, 2.75) is 40.5 Å². The second kappa shape index (κ2) is 7.24. The van der Waals surface area contributed by atoms with Gasteiger partial charge in [-0.05, 0) is 38.4 Å². The topological polar surface area (TPSA) is 15.3 Å². The first kappa shape index (κ1) is 13.9. The fourth-order valence-corrected chi connectivity index (χ4v) is 2.04. The maximum absolute atomic E-state index is 3.27. The van der Waals surface area contributed by atoms with E-state index in [1.54, 1.807) is 0 Å². The molecule has 14 heavy (non-hydrogen) atoms. The molecule has 0 spiro atoms. The van der Waals surface area contributed by atoms with Crippen molar-refractivity contribution < 1.29 is 0 Å². The molecule has 0 atom stereocenters. The molecule has 0 aromatic carbocycles. The Morgan fingerprint density at radius 3 is 1.93 bits per heavy atom. The summed E-state index contributed by atoms with van der Waals surface area (Å²) in [6.45, 7) is 14.0. The van der Waals surface area contributed by atoms with E-state index in [0.717, 1.165) is 6.54 Å². The molecule has 0 saturated carbocycles. The Bertz CT molecular complexity index is 126. The molecule has 2 heteroatoms. The second-order valence-corrected chi connectivity index (χ2v) is 4.97. The van der Waals surface area contributed by atoms with Gasteiger partial charge in [-0.15, -0.1) is 0 Å². The van der Waals surface area contributed by atoms with Crippen LogP contribution in [0.1, 0.15) is 40.5 Å². The summed E-state index contributed by atoms with van der Waals surface area (Å²) >= 11 is 0. The third kappa shape index (κ3) is 6.39. The molecule has 1 N–H and O–H groups in total. The van der Waals surface area contributed by atoms with Gasteiger partial charge in [-0.1, -0.05) is 27.7 Å². The van der Waals surface area contributed by atoms with Crippen molar-refractivity contribution in [1.82, 2.24) is 10.2 Å². The first-order valence-corrected chi connectivity index (χ1v) is 5.92. The average molecular weight is 200 g/mol. The fourth-order valence-electron chi connectivity index (χ4n) is 2.04. The van der Waals surface area contributed by atoms with Gasteiger partial charge in [0.2, 0.25) is 0 Å². The van der Waals surface area contributed by atoms with E-state index in [9.17, 15) is 0 Å². The van der Waals surface area contributed by atoms with Crippen molar-refractivity contribution in [3.8, 4) is 0 Å². The molecule has 0 amide bonds. The average Bonchev–Trinajstić information content (AvgIpc) is 2.03. The van der Waals surface area contributed by atoms with Crippen LogP contribution in [0.15, 0.2) is 0 Å². The molecule has 0 aromatic rings. The molecular formula is C12H28N2. The maximum atomic E-state index is 3.27. The summed E-state index contributed by atoms with van der Waals surface area (Å²) in [5, 5.41) is 3.27. The molecule has 0 aliphatic heterocycles. The highest BCUT2D eigenvalue weighted by atomic mass is 15.1. The lowest BCUT2D eigenvalue weighted by Crippen LogP contribution is -2.40. The molecule has 0 fully saturated rings. The maximum Gasteiger partial charge on any atom is 0.00448 e. The molecule has 86 valence electrons. The third-order valence-electron chi connectivity index (χ3n) is 2.39. The van der Waals surface area contributed by atoms with Gasteiger partial charge in [0.15, 0.2) is 0 Å². The largest absolute Gasteiger partial charge is 0.319 e. The molecular weight excluding hydrogens is 172 g/mol. The lowest BCUT2D eigenvalue weighted by molar-refractivity contribution is 0.176. The summed E-state index contributed by atoms with van der Waals surface area (Å²) in [4.78, 5) is 2.58. The molecule has 0 rings (SSSR count).